The molecule has 0 unspecified atom stereocenters. The summed E-state index contributed by atoms with van der Waals surface area (Å²) >= 11 is 5.06. The number of nitrogens with zero attached hydrogens (tertiary/aromatic N) is 2. The van der Waals surface area contributed by atoms with Crippen LogP contribution in [-0.4, -0.2) is 14.8 Å². The highest BCUT2D eigenvalue weighted by molar-refractivity contribution is 9.10. The molecule has 0 saturated carbocycles. The Hall–Kier alpha value is -1.79. The first kappa shape index (κ1) is 14.2. The molecule has 1 N–H and O–H groups in total. The number of halogens is 1. The molecule has 0 atom stereocenters. The van der Waals surface area contributed by atoms with Gasteiger partial charge in [0.05, 0.1) is 0 Å². The summed E-state index contributed by atoms with van der Waals surface area (Å²) in [5.74, 6) is 1.28. The van der Waals surface area contributed by atoms with E-state index < -0.39 is 0 Å². The number of hydrogen-bond acceptors (Lipinski definition) is 3. The fourth-order valence-corrected chi connectivity index (χ4v) is 3.02. The lowest BCUT2D eigenvalue weighted by Crippen LogP contribution is -2.14. The number of aromatic amines is 1. The van der Waals surface area contributed by atoms with Crippen molar-refractivity contribution in [2.75, 3.05) is 0 Å². The summed E-state index contributed by atoms with van der Waals surface area (Å²) in [5, 5.41) is 3.10. The second kappa shape index (κ2) is 6.32. The monoisotopic (exact) mass is 361 g/mol. The van der Waals surface area contributed by atoms with Crippen LogP contribution < -0.4 is 5.56 Å². The van der Waals surface area contributed by atoms with E-state index in [1.54, 1.807) is 30.1 Å². The predicted molar refractivity (Wildman–Crippen MR) is 87.9 cm³/mol. The zero-order chi connectivity index (χ0) is 14.7. The van der Waals surface area contributed by atoms with Crippen molar-refractivity contribution in [3.05, 3.63) is 75.2 Å². The van der Waals surface area contributed by atoms with Crippen molar-refractivity contribution in [1.29, 1.82) is 0 Å². The Morgan fingerprint density at radius 1 is 1.19 bits per heavy atom. The number of nitrogens with one attached hydrogen (secondary N) is 1. The second-order valence-electron chi connectivity index (χ2n) is 4.39. The minimum absolute atomic E-state index is 0.107. The molecule has 1 aromatic carbocycles. The highest BCUT2D eigenvalue weighted by atomic mass is 79.9. The molecular weight excluding hydrogens is 350 g/mol. The molecule has 3 rings (SSSR count). The zero-order valence-electron chi connectivity index (χ0n) is 11.0. The maximum atomic E-state index is 12.0. The van der Waals surface area contributed by atoms with Crippen molar-refractivity contribution in [3.8, 4) is 5.82 Å². The first-order valence-corrected chi connectivity index (χ1v) is 8.11. The highest BCUT2D eigenvalue weighted by Gasteiger charge is 2.07. The summed E-state index contributed by atoms with van der Waals surface area (Å²) in [5.41, 5.74) is 0.764. The maximum Gasteiger partial charge on any atom is 0.272 e. The fourth-order valence-electron chi connectivity index (χ4n) is 1.88. The smallest absolute Gasteiger partial charge is 0.272 e. The van der Waals surface area contributed by atoms with Gasteiger partial charge in [-0.1, -0.05) is 34.1 Å². The molecule has 0 amide bonds. The molecule has 3 aromatic rings. The number of aromatic nitrogens is 3. The topological polar surface area (TPSA) is 50.7 Å². The molecule has 0 bridgehead atoms. The average Bonchev–Trinajstić information content (AvgIpc) is 2.87. The Morgan fingerprint density at radius 3 is 2.76 bits per heavy atom. The Morgan fingerprint density at radius 2 is 2.00 bits per heavy atom. The van der Waals surface area contributed by atoms with Gasteiger partial charge in [0.1, 0.15) is 0 Å². The molecule has 106 valence electrons. The summed E-state index contributed by atoms with van der Waals surface area (Å²) in [4.78, 5) is 17.4. The van der Waals surface area contributed by atoms with Gasteiger partial charge < -0.3 is 0 Å². The van der Waals surface area contributed by atoms with Gasteiger partial charge in [-0.3, -0.25) is 9.89 Å². The number of rotatable bonds is 4. The van der Waals surface area contributed by atoms with Crippen LogP contribution in [-0.2, 0) is 5.75 Å². The Kier molecular flexibility index (Phi) is 4.26. The van der Waals surface area contributed by atoms with E-state index in [1.807, 2.05) is 24.3 Å². The SMILES string of the molecule is O=c1cc(CSc2ccccc2)[nH]n1-c1cc(Br)ccn1. The zero-order valence-corrected chi connectivity index (χ0v) is 13.4. The van der Waals surface area contributed by atoms with E-state index in [4.69, 9.17) is 0 Å². The molecule has 2 heterocycles. The van der Waals surface area contributed by atoms with Crippen LogP contribution in [0, 0.1) is 0 Å². The third kappa shape index (κ3) is 3.46. The van der Waals surface area contributed by atoms with Crippen molar-refractivity contribution in [2.45, 2.75) is 10.6 Å². The van der Waals surface area contributed by atoms with E-state index in [0.717, 1.165) is 10.2 Å². The Labute approximate surface area is 134 Å². The van der Waals surface area contributed by atoms with Gasteiger partial charge in [0, 0.05) is 33.1 Å². The molecule has 0 spiro atoms. The van der Waals surface area contributed by atoms with Crippen LogP contribution >= 0.6 is 27.7 Å². The normalized spacial score (nSPS) is 10.7. The van der Waals surface area contributed by atoms with Crippen LogP contribution in [0.2, 0.25) is 0 Å². The van der Waals surface area contributed by atoms with E-state index >= 15 is 0 Å². The molecule has 0 aliphatic carbocycles. The molecule has 2 aromatic heterocycles. The molecule has 21 heavy (non-hydrogen) atoms. The molecule has 0 aliphatic heterocycles. The van der Waals surface area contributed by atoms with Crippen LogP contribution in [0.1, 0.15) is 5.69 Å². The van der Waals surface area contributed by atoms with Gasteiger partial charge in [0.25, 0.3) is 5.56 Å². The number of benzene rings is 1. The van der Waals surface area contributed by atoms with Gasteiger partial charge in [-0.15, -0.1) is 11.8 Å². The van der Waals surface area contributed by atoms with Crippen LogP contribution in [0.5, 0.6) is 0 Å². The summed E-state index contributed by atoms with van der Waals surface area (Å²) in [7, 11) is 0. The van der Waals surface area contributed by atoms with Crippen LogP contribution in [0.3, 0.4) is 0 Å². The lowest BCUT2D eigenvalue weighted by Gasteiger charge is -2.02. The third-order valence-electron chi connectivity index (χ3n) is 2.85. The first-order valence-electron chi connectivity index (χ1n) is 6.33. The summed E-state index contributed by atoms with van der Waals surface area (Å²) in [6, 6.07) is 15.3. The van der Waals surface area contributed by atoms with E-state index in [1.165, 1.54) is 9.58 Å². The summed E-state index contributed by atoms with van der Waals surface area (Å²) in [6.07, 6.45) is 1.66. The lowest BCUT2D eigenvalue weighted by atomic mass is 10.4. The van der Waals surface area contributed by atoms with E-state index in [-0.39, 0.29) is 5.56 Å². The van der Waals surface area contributed by atoms with Crippen LogP contribution in [0.4, 0.5) is 0 Å². The van der Waals surface area contributed by atoms with E-state index in [2.05, 4.69) is 38.1 Å². The van der Waals surface area contributed by atoms with Crippen molar-refractivity contribution in [3.63, 3.8) is 0 Å². The molecular formula is C15H12BrN3OS. The van der Waals surface area contributed by atoms with Crippen molar-refractivity contribution < 1.29 is 0 Å². The number of hydrogen-bond donors (Lipinski definition) is 1. The van der Waals surface area contributed by atoms with Crippen LogP contribution in [0.25, 0.3) is 5.82 Å². The van der Waals surface area contributed by atoms with Gasteiger partial charge in [-0.2, -0.15) is 0 Å². The van der Waals surface area contributed by atoms with Crippen molar-refractivity contribution in [2.24, 2.45) is 0 Å². The van der Waals surface area contributed by atoms with Crippen molar-refractivity contribution >= 4 is 27.7 Å². The number of thioether (sulfide) groups is 1. The molecule has 6 heteroatoms. The Balaban J connectivity index is 1.80. The number of H-pyrrole nitrogens is 1. The summed E-state index contributed by atoms with van der Waals surface area (Å²) < 4.78 is 2.33. The minimum atomic E-state index is -0.107. The predicted octanol–water partition coefficient (Wildman–Crippen LogP) is 3.62. The fraction of sp³-hybridized carbons (Fsp3) is 0.0667. The quantitative estimate of drug-likeness (QED) is 0.722. The summed E-state index contributed by atoms with van der Waals surface area (Å²) in [6.45, 7) is 0. The first-order chi connectivity index (χ1) is 10.2. The Bertz CT molecular complexity index is 798. The van der Waals surface area contributed by atoms with Crippen LogP contribution in [0.15, 0.2) is 68.9 Å². The molecule has 0 saturated heterocycles. The van der Waals surface area contributed by atoms with E-state index in [0.29, 0.717) is 11.6 Å². The van der Waals surface area contributed by atoms with Gasteiger partial charge in [0.2, 0.25) is 0 Å². The minimum Gasteiger partial charge on any atom is -0.293 e. The van der Waals surface area contributed by atoms with Gasteiger partial charge in [-0.25, -0.2) is 9.67 Å². The van der Waals surface area contributed by atoms with Gasteiger partial charge in [-0.05, 0) is 24.3 Å². The van der Waals surface area contributed by atoms with Gasteiger partial charge >= 0.3 is 0 Å². The largest absolute Gasteiger partial charge is 0.293 e. The molecule has 4 nitrogen and oxygen atoms in total. The maximum absolute atomic E-state index is 12.0. The van der Waals surface area contributed by atoms with E-state index in [9.17, 15) is 4.79 Å². The van der Waals surface area contributed by atoms with Gasteiger partial charge in [0.15, 0.2) is 5.82 Å². The second-order valence-corrected chi connectivity index (χ2v) is 6.35. The molecule has 0 fully saturated rings. The van der Waals surface area contributed by atoms with Crippen molar-refractivity contribution in [1.82, 2.24) is 14.8 Å². The average molecular weight is 362 g/mol. The molecule has 0 aliphatic rings. The third-order valence-corrected chi connectivity index (χ3v) is 4.40. The molecule has 0 radical (unpaired) electrons. The lowest BCUT2D eigenvalue weighted by molar-refractivity contribution is 0.804. The standard InChI is InChI=1S/C15H12BrN3OS/c16-11-6-7-17-14(8-11)19-15(20)9-12(18-19)10-21-13-4-2-1-3-5-13/h1-9,18H,10H2. The number of pyridine rings is 1. The highest BCUT2D eigenvalue weighted by Crippen LogP contribution is 2.21.